The van der Waals surface area contributed by atoms with Crippen molar-refractivity contribution in [3.63, 3.8) is 0 Å². The molecule has 2 amide bonds. The van der Waals surface area contributed by atoms with Gasteiger partial charge < -0.3 is 16.4 Å². The fourth-order valence-electron chi connectivity index (χ4n) is 1.65. The number of carbonyl (C=O) groups excluding carboxylic acids is 1. The van der Waals surface area contributed by atoms with Gasteiger partial charge in [-0.1, -0.05) is 35.0 Å². The van der Waals surface area contributed by atoms with Gasteiger partial charge in [-0.3, -0.25) is 0 Å². The highest BCUT2D eigenvalue weighted by Gasteiger charge is 2.08. The highest BCUT2D eigenvalue weighted by atomic mass is 79.9. The third-order valence-electron chi connectivity index (χ3n) is 2.47. The topological polar surface area (TPSA) is 67.2 Å². The molecule has 1 unspecified atom stereocenters. The Bertz CT molecular complexity index is 371. The number of nitrogens with one attached hydrogen (secondary N) is 2. The molecule has 0 heterocycles. The highest BCUT2D eigenvalue weighted by Crippen LogP contribution is 2.20. The molecule has 0 saturated carbocycles. The Morgan fingerprint density at radius 1 is 1.47 bits per heavy atom. The van der Waals surface area contributed by atoms with Crippen molar-refractivity contribution >= 4 is 22.0 Å². The van der Waals surface area contributed by atoms with Crippen LogP contribution in [-0.2, 0) is 0 Å². The van der Waals surface area contributed by atoms with Gasteiger partial charge in [0.2, 0.25) is 0 Å². The van der Waals surface area contributed by atoms with Crippen molar-refractivity contribution in [3.8, 4) is 0 Å². The lowest BCUT2D eigenvalue weighted by molar-refractivity contribution is 0.249. The second kappa shape index (κ2) is 7.29. The average molecular weight is 300 g/mol. The zero-order valence-electron chi connectivity index (χ0n) is 9.87. The Kier molecular flexibility index (Phi) is 6.00. The van der Waals surface area contributed by atoms with Gasteiger partial charge in [-0.05, 0) is 24.1 Å². The van der Waals surface area contributed by atoms with Gasteiger partial charge in [-0.25, -0.2) is 4.79 Å². The standard InChI is InChI=1S/C12H18BrN3O/c1-2-11(15-6-7-16-12(14)17)9-4-3-5-10(13)8-9/h3-5,8,11,15H,2,6-7H2,1H3,(H3,14,16,17). The SMILES string of the molecule is CCC(NCCNC(N)=O)c1cccc(Br)c1. The smallest absolute Gasteiger partial charge is 0.312 e. The number of urea groups is 1. The molecule has 0 fully saturated rings. The highest BCUT2D eigenvalue weighted by molar-refractivity contribution is 9.10. The molecule has 17 heavy (non-hydrogen) atoms. The predicted molar refractivity (Wildman–Crippen MR) is 72.8 cm³/mol. The lowest BCUT2D eigenvalue weighted by atomic mass is 10.0. The maximum absolute atomic E-state index is 10.5. The molecule has 94 valence electrons. The van der Waals surface area contributed by atoms with Crippen LogP contribution in [0.2, 0.25) is 0 Å². The molecule has 0 aromatic heterocycles. The van der Waals surface area contributed by atoms with Crippen molar-refractivity contribution in [2.75, 3.05) is 13.1 Å². The molecule has 1 rings (SSSR count). The Morgan fingerprint density at radius 2 is 2.24 bits per heavy atom. The molecule has 0 bridgehead atoms. The Balaban J connectivity index is 2.45. The van der Waals surface area contributed by atoms with Crippen LogP contribution in [-0.4, -0.2) is 19.1 Å². The molecule has 5 heteroatoms. The fourth-order valence-corrected chi connectivity index (χ4v) is 2.07. The molecule has 0 spiro atoms. The van der Waals surface area contributed by atoms with E-state index in [0.29, 0.717) is 19.1 Å². The predicted octanol–water partition coefficient (Wildman–Crippen LogP) is 2.16. The fraction of sp³-hybridized carbons (Fsp3) is 0.417. The maximum atomic E-state index is 10.5. The van der Waals surface area contributed by atoms with Crippen LogP contribution < -0.4 is 16.4 Å². The molecule has 1 aromatic rings. The second-order valence-corrected chi connectivity index (χ2v) is 4.68. The van der Waals surface area contributed by atoms with Gasteiger partial charge in [0, 0.05) is 23.6 Å². The first-order valence-corrected chi connectivity index (χ1v) is 6.45. The third kappa shape index (κ3) is 5.19. The van der Waals surface area contributed by atoms with Crippen LogP contribution in [0.1, 0.15) is 24.9 Å². The van der Waals surface area contributed by atoms with Gasteiger partial charge in [-0.15, -0.1) is 0 Å². The number of benzene rings is 1. The average Bonchev–Trinajstić information content (AvgIpc) is 2.29. The van der Waals surface area contributed by atoms with Crippen LogP contribution in [0.3, 0.4) is 0 Å². The first-order valence-electron chi connectivity index (χ1n) is 5.65. The second-order valence-electron chi connectivity index (χ2n) is 3.76. The third-order valence-corrected chi connectivity index (χ3v) is 2.97. The van der Waals surface area contributed by atoms with Crippen molar-refractivity contribution in [2.24, 2.45) is 5.73 Å². The van der Waals surface area contributed by atoms with Crippen molar-refractivity contribution in [2.45, 2.75) is 19.4 Å². The lowest BCUT2D eigenvalue weighted by Gasteiger charge is -2.17. The van der Waals surface area contributed by atoms with E-state index in [4.69, 9.17) is 5.73 Å². The van der Waals surface area contributed by atoms with Crippen LogP contribution in [0.25, 0.3) is 0 Å². The Labute approximate surface area is 110 Å². The minimum absolute atomic E-state index is 0.294. The van der Waals surface area contributed by atoms with Crippen LogP contribution >= 0.6 is 15.9 Å². The van der Waals surface area contributed by atoms with Crippen LogP contribution in [0.15, 0.2) is 28.7 Å². The first kappa shape index (κ1) is 14.0. The molecule has 1 aromatic carbocycles. The van der Waals surface area contributed by atoms with E-state index in [1.165, 1.54) is 5.56 Å². The lowest BCUT2D eigenvalue weighted by Crippen LogP contribution is -2.36. The summed E-state index contributed by atoms with van der Waals surface area (Å²) in [6.07, 6.45) is 0.993. The van der Waals surface area contributed by atoms with Gasteiger partial charge in [0.15, 0.2) is 0 Å². The molecule has 4 N–H and O–H groups in total. The van der Waals surface area contributed by atoms with E-state index >= 15 is 0 Å². The summed E-state index contributed by atoms with van der Waals surface area (Å²) in [4.78, 5) is 10.5. The van der Waals surface area contributed by atoms with Crippen LogP contribution in [0.4, 0.5) is 4.79 Å². The summed E-state index contributed by atoms with van der Waals surface area (Å²) in [6.45, 7) is 3.37. The summed E-state index contributed by atoms with van der Waals surface area (Å²) in [6, 6.07) is 8.02. The monoisotopic (exact) mass is 299 g/mol. The molecular weight excluding hydrogens is 282 g/mol. The van der Waals surface area contributed by atoms with Gasteiger partial charge in [0.25, 0.3) is 0 Å². The van der Waals surface area contributed by atoms with Gasteiger partial charge >= 0.3 is 6.03 Å². The number of rotatable bonds is 6. The Morgan fingerprint density at radius 3 is 2.82 bits per heavy atom. The number of hydrogen-bond donors (Lipinski definition) is 3. The molecule has 0 radical (unpaired) electrons. The molecule has 4 nitrogen and oxygen atoms in total. The number of amides is 2. The van der Waals surface area contributed by atoms with Crippen LogP contribution in [0.5, 0.6) is 0 Å². The van der Waals surface area contributed by atoms with E-state index in [2.05, 4.69) is 45.6 Å². The van der Waals surface area contributed by atoms with E-state index in [1.807, 2.05) is 12.1 Å². The van der Waals surface area contributed by atoms with Crippen molar-refractivity contribution in [1.29, 1.82) is 0 Å². The van der Waals surface area contributed by atoms with Crippen molar-refractivity contribution in [3.05, 3.63) is 34.3 Å². The summed E-state index contributed by atoms with van der Waals surface area (Å²) >= 11 is 3.46. The van der Waals surface area contributed by atoms with E-state index in [1.54, 1.807) is 0 Å². The normalized spacial score (nSPS) is 12.1. The summed E-state index contributed by atoms with van der Waals surface area (Å²) in [5.41, 5.74) is 6.23. The number of halogens is 1. The zero-order chi connectivity index (χ0) is 12.7. The molecule has 0 aliphatic carbocycles. The summed E-state index contributed by atoms with van der Waals surface area (Å²) in [7, 11) is 0. The van der Waals surface area contributed by atoms with Gasteiger partial charge in [-0.2, -0.15) is 0 Å². The zero-order valence-corrected chi connectivity index (χ0v) is 11.5. The van der Waals surface area contributed by atoms with Crippen LogP contribution in [0, 0.1) is 0 Å². The molecule has 0 aliphatic rings. The van der Waals surface area contributed by atoms with Crippen molar-refractivity contribution < 1.29 is 4.79 Å². The van der Waals surface area contributed by atoms with E-state index in [9.17, 15) is 4.79 Å². The molecule has 1 atom stereocenters. The minimum Gasteiger partial charge on any atom is -0.352 e. The first-order chi connectivity index (χ1) is 8.13. The number of primary amides is 1. The van der Waals surface area contributed by atoms with E-state index < -0.39 is 6.03 Å². The molecule has 0 saturated heterocycles. The summed E-state index contributed by atoms with van der Waals surface area (Å²) < 4.78 is 1.07. The number of carbonyl (C=O) groups is 1. The number of nitrogens with two attached hydrogens (primary N) is 1. The quantitative estimate of drug-likeness (QED) is 0.705. The Hall–Kier alpha value is -1.07. The van der Waals surface area contributed by atoms with Gasteiger partial charge in [0.05, 0.1) is 0 Å². The van der Waals surface area contributed by atoms with E-state index in [-0.39, 0.29) is 0 Å². The minimum atomic E-state index is -0.484. The van der Waals surface area contributed by atoms with E-state index in [0.717, 1.165) is 10.9 Å². The van der Waals surface area contributed by atoms with Crippen molar-refractivity contribution in [1.82, 2.24) is 10.6 Å². The summed E-state index contributed by atoms with van der Waals surface area (Å²) in [5.74, 6) is 0. The molecular formula is C12H18BrN3O. The maximum Gasteiger partial charge on any atom is 0.312 e. The van der Waals surface area contributed by atoms with Gasteiger partial charge in [0.1, 0.15) is 0 Å². The largest absolute Gasteiger partial charge is 0.352 e. The molecule has 0 aliphatic heterocycles. The number of hydrogen-bond acceptors (Lipinski definition) is 2. The summed E-state index contributed by atoms with van der Waals surface area (Å²) in [5, 5.41) is 5.93.